The van der Waals surface area contributed by atoms with Crippen molar-refractivity contribution < 1.29 is 28.2 Å². The summed E-state index contributed by atoms with van der Waals surface area (Å²) in [6, 6.07) is 10.8. The van der Waals surface area contributed by atoms with E-state index in [9.17, 15) is 14.0 Å². The maximum absolute atomic E-state index is 14.2. The number of methoxy groups -OCH3 is 3. The maximum atomic E-state index is 14.2. The molecule has 1 fully saturated rings. The predicted molar refractivity (Wildman–Crippen MR) is 128 cm³/mol. The van der Waals surface area contributed by atoms with Gasteiger partial charge in [0.25, 0.3) is 0 Å². The van der Waals surface area contributed by atoms with Gasteiger partial charge in [0.15, 0.2) is 11.5 Å². The van der Waals surface area contributed by atoms with Gasteiger partial charge in [-0.25, -0.2) is 14.0 Å². The quantitative estimate of drug-likeness (QED) is 0.584. The Morgan fingerprint density at radius 3 is 2.40 bits per heavy atom. The van der Waals surface area contributed by atoms with Crippen molar-refractivity contribution in [3.8, 4) is 11.5 Å². The molecule has 2 N–H and O–H groups in total. The normalized spacial score (nSPS) is 18.6. The summed E-state index contributed by atoms with van der Waals surface area (Å²) in [7, 11) is 4.36. The van der Waals surface area contributed by atoms with E-state index >= 15 is 0 Å². The van der Waals surface area contributed by atoms with Gasteiger partial charge in [-0.05, 0) is 29.8 Å². The van der Waals surface area contributed by atoms with E-state index in [1.807, 2.05) is 11.0 Å². The topological polar surface area (TPSA) is 92.4 Å². The number of ether oxygens (including phenoxy) is 3. The Hall–Kier alpha value is -3.79. The molecule has 2 aromatic carbocycles. The lowest BCUT2D eigenvalue weighted by Crippen LogP contribution is -2.51. The fraction of sp³-hybridized carbons (Fsp3) is 0.360. The highest BCUT2D eigenvalue weighted by Gasteiger charge is 2.35. The minimum absolute atomic E-state index is 0.250. The summed E-state index contributed by atoms with van der Waals surface area (Å²) < 4.78 is 30.0. The highest BCUT2D eigenvalue weighted by atomic mass is 19.1. The Balaban J connectivity index is 1.58. The van der Waals surface area contributed by atoms with Crippen molar-refractivity contribution in [2.75, 3.05) is 59.0 Å². The van der Waals surface area contributed by atoms with Crippen molar-refractivity contribution in [2.45, 2.75) is 6.04 Å². The number of urea groups is 1. The molecule has 0 bridgehead atoms. The largest absolute Gasteiger partial charge is 0.493 e. The second kappa shape index (κ2) is 10.6. The molecule has 0 aromatic heterocycles. The molecule has 2 aliphatic heterocycles. The second-order valence-electron chi connectivity index (χ2n) is 8.24. The van der Waals surface area contributed by atoms with Crippen LogP contribution < -0.4 is 25.0 Å². The Labute approximate surface area is 203 Å². The van der Waals surface area contributed by atoms with E-state index < -0.39 is 18.0 Å². The SMILES string of the molecule is COC(=O)C1=C(CN2CCN(c3ccccc3F)CC2)NC(=O)N[C@@H]1c1ccc(OC)c(OC)c1. The molecule has 0 aliphatic carbocycles. The minimum atomic E-state index is -0.731. The van der Waals surface area contributed by atoms with Gasteiger partial charge in [-0.1, -0.05) is 18.2 Å². The number of rotatable bonds is 7. The van der Waals surface area contributed by atoms with Crippen LogP contribution in [0.25, 0.3) is 0 Å². The van der Waals surface area contributed by atoms with Gasteiger partial charge in [0.05, 0.1) is 38.6 Å². The van der Waals surface area contributed by atoms with Crippen LogP contribution in [-0.2, 0) is 9.53 Å². The first-order chi connectivity index (χ1) is 16.9. The molecule has 186 valence electrons. The van der Waals surface area contributed by atoms with Gasteiger partial charge < -0.3 is 29.7 Å². The molecule has 0 radical (unpaired) electrons. The summed E-state index contributed by atoms with van der Waals surface area (Å²) in [5.74, 6) is 0.221. The van der Waals surface area contributed by atoms with E-state index in [1.54, 1.807) is 30.3 Å². The lowest BCUT2D eigenvalue weighted by Gasteiger charge is -2.38. The zero-order chi connectivity index (χ0) is 24.9. The zero-order valence-corrected chi connectivity index (χ0v) is 20.0. The lowest BCUT2D eigenvalue weighted by molar-refractivity contribution is -0.136. The van der Waals surface area contributed by atoms with Crippen LogP contribution in [0.4, 0.5) is 14.9 Å². The van der Waals surface area contributed by atoms with Crippen molar-refractivity contribution in [1.82, 2.24) is 15.5 Å². The number of carbonyl (C=O) groups excluding carboxylic acids is 2. The van der Waals surface area contributed by atoms with Gasteiger partial charge in [0, 0.05) is 38.4 Å². The van der Waals surface area contributed by atoms with Crippen LogP contribution in [0, 0.1) is 5.82 Å². The van der Waals surface area contributed by atoms with Crippen LogP contribution in [0.15, 0.2) is 53.7 Å². The fourth-order valence-corrected chi connectivity index (χ4v) is 4.45. The van der Waals surface area contributed by atoms with E-state index in [2.05, 4.69) is 15.5 Å². The first kappa shape index (κ1) is 24.3. The molecule has 9 nitrogen and oxygen atoms in total. The van der Waals surface area contributed by atoms with Gasteiger partial charge >= 0.3 is 12.0 Å². The van der Waals surface area contributed by atoms with Crippen molar-refractivity contribution in [3.05, 3.63) is 65.1 Å². The smallest absolute Gasteiger partial charge is 0.338 e. The summed E-state index contributed by atoms with van der Waals surface area (Å²) in [6.07, 6.45) is 0. The predicted octanol–water partition coefficient (Wildman–Crippen LogP) is 2.45. The molecule has 10 heteroatoms. The van der Waals surface area contributed by atoms with Crippen LogP contribution in [0.3, 0.4) is 0 Å². The van der Waals surface area contributed by atoms with Crippen molar-refractivity contribution in [2.24, 2.45) is 0 Å². The van der Waals surface area contributed by atoms with Crippen molar-refractivity contribution in [3.63, 3.8) is 0 Å². The van der Waals surface area contributed by atoms with Gasteiger partial charge in [-0.15, -0.1) is 0 Å². The van der Waals surface area contributed by atoms with Gasteiger partial charge in [0.2, 0.25) is 0 Å². The maximum Gasteiger partial charge on any atom is 0.338 e. The molecule has 2 heterocycles. The number of esters is 1. The number of para-hydroxylation sites is 1. The Morgan fingerprint density at radius 2 is 1.74 bits per heavy atom. The number of halogens is 1. The Kier molecular flexibility index (Phi) is 7.40. The van der Waals surface area contributed by atoms with E-state index in [0.717, 1.165) is 0 Å². The van der Waals surface area contributed by atoms with Crippen LogP contribution in [0.5, 0.6) is 11.5 Å². The van der Waals surface area contributed by atoms with E-state index in [1.165, 1.54) is 27.4 Å². The number of nitrogens with zero attached hydrogens (tertiary/aromatic N) is 2. The van der Waals surface area contributed by atoms with E-state index in [-0.39, 0.29) is 5.82 Å². The van der Waals surface area contributed by atoms with E-state index in [4.69, 9.17) is 14.2 Å². The highest BCUT2D eigenvalue weighted by Crippen LogP contribution is 2.34. The molecule has 4 rings (SSSR count). The third kappa shape index (κ3) is 5.17. The standard InChI is InChI=1S/C25H29FN4O5/c1-33-20-9-8-16(14-21(20)34-2)23-22(24(31)35-3)18(27-25(32)28-23)15-29-10-12-30(13-11-29)19-7-5-4-6-17(19)26/h4-9,14,23H,10-13,15H2,1-3H3,(H2,27,28,32)/t23-/m1/s1. The Morgan fingerprint density at radius 1 is 1.03 bits per heavy atom. The average Bonchev–Trinajstić information content (AvgIpc) is 2.88. The molecule has 0 saturated carbocycles. The number of nitrogens with one attached hydrogen (secondary N) is 2. The number of piperazine rings is 1. The first-order valence-corrected chi connectivity index (χ1v) is 11.3. The third-order valence-corrected chi connectivity index (χ3v) is 6.25. The number of benzene rings is 2. The van der Waals surface area contributed by atoms with Crippen LogP contribution in [-0.4, -0.2) is 71.0 Å². The summed E-state index contributed by atoms with van der Waals surface area (Å²) >= 11 is 0. The monoisotopic (exact) mass is 484 g/mol. The van der Waals surface area contributed by atoms with Crippen molar-refractivity contribution >= 4 is 17.7 Å². The summed E-state index contributed by atoms with van der Waals surface area (Å²) in [5.41, 5.74) is 2.01. The molecule has 0 spiro atoms. The molecular weight excluding hydrogens is 455 g/mol. The Bertz CT molecular complexity index is 1130. The molecule has 1 atom stereocenters. The second-order valence-corrected chi connectivity index (χ2v) is 8.24. The molecule has 2 amide bonds. The molecule has 35 heavy (non-hydrogen) atoms. The van der Waals surface area contributed by atoms with Crippen molar-refractivity contribution in [1.29, 1.82) is 0 Å². The summed E-state index contributed by atoms with van der Waals surface area (Å²) in [6.45, 7) is 2.85. The number of carbonyl (C=O) groups is 2. The lowest BCUT2D eigenvalue weighted by atomic mass is 9.94. The number of anilines is 1. The summed E-state index contributed by atoms with van der Waals surface area (Å²) in [4.78, 5) is 29.6. The third-order valence-electron chi connectivity index (χ3n) is 6.25. The van der Waals surface area contributed by atoms with Crippen LogP contribution in [0.1, 0.15) is 11.6 Å². The zero-order valence-electron chi connectivity index (χ0n) is 20.0. The fourth-order valence-electron chi connectivity index (χ4n) is 4.45. The summed E-state index contributed by atoms with van der Waals surface area (Å²) in [5, 5.41) is 5.60. The number of amides is 2. The molecule has 2 aliphatic rings. The number of hydrogen-bond donors (Lipinski definition) is 2. The van der Waals surface area contributed by atoms with Crippen LogP contribution >= 0.6 is 0 Å². The number of hydrogen-bond acceptors (Lipinski definition) is 7. The average molecular weight is 485 g/mol. The van der Waals surface area contributed by atoms with Crippen LogP contribution in [0.2, 0.25) is 0 Å². The molecule has 0 unspecified atom stereocenters. The van der Waals surface area contributed by atoms with Gasteiger partial charge in [-0.3, -0.25) is 4.90 Å². The molecule has 2 aromatic rings. The minimum Gasteiger partial charge on any atom is -0.493 e. The first-order valence-electron chi connectivity index (χ1n) is 11.3. The van der Waals surface area contributed by atoms with E-state index in [0.29, 0.717) is 66.7 Å². The molecule has 1 saturated heterocycles. The van der Waals surface area contributed by atoms with Gasteiger partial charge in [0.1, 0.15) is 5.82 Å². The highest BCUT2D eigenvalue weighted by molar-refractivity contribution is 5.95. The molecular formula is C25H29FN4O5. The van der Waals surface area contributed by atoms with Gasteiger partial charge in [-0.2, -0.15) is 0 Å².